The molecule has 0 radical (unpaired) electrons. The van der Waals surface area contributed by atoms with Gasteiger partial charge in [-0.25, -0.2) is 9.97 Å². The van der Waals surface area contributed by atoms with Gasteiger partial charge in [-0.2, -0.15) is 0 Å². The number of hydrogen-bond acceptors (Lipinski definition) is 4. The van der Waals surface area contributed by atoms with Gasteiger partial charge in [0.05, 0.1) is 5.69 Å². The fourth-order valence-electron chi connectivity index (χ4n) is 1.66. The monoisotopic (exact) mass is 206 g/mol. The molecule has 0 saturated heterocycles. The van der Waals surface area contributed by atoms with Crippen LogP contribution in [0, 0.1) is 12.8 Å². The highest BCUT2D eigenvalue weighted by Crippen LogP contribution is 2.30. The van der Waals surface area contributed by atoms with Crippen molar-refractivity contribution in [1.29, 1.82) is 0 Å². The number of nitrogens with zero attached hydrogens (tertiary/aromatic N) is 3. The first-order valence-corrected chi connectivity index (χ1v) is 5.45. The van der Waals surface area contributed by atoms with Crippen molar-refractivity contribution in [3.8, 4) is 0 Å². The summed E-state index contributed by atoms with van der Waals surface area (Å²) in [5.41, 5.74) is 7.50. The summed E-state index contributed by atoms with van der Waals surface area (Å²) in [7, 11) is 2.05. The molecular formula is C11H18N4. The Morgan fingerprint density at radius 1 is 1.47 bits per heavy atom. The smallest absolute Gasteiger partial charge is 0.225 e. The van der Waals surface area contributed by atoms with Crippen LogP contribution in [0.25, 0.3) is 0 Å². The zero-order valence-electron chi connectivity index (χ0n) is 9.40. The Hall–Kier alpha value is -1.16. The SMILES string of the molecule is Cc1cc(CN)nc(N(C)CC2CC2)n1. The molecule has 15 heavy (non-hydrogen) atoms. The second-order valence-electron chi connectivity index (χ2n) is 4.33. The third-order valence-electron chi connectivity index (χ3n) is 2.68. The molecule has 0 aliphatic heterocycles. The summed E-state index contributed by atoms with van der Waals surface area (Å²) in [4.78, 5) is 11.0. The summed E-state index contributed by atoms with van der Waals surface area (Å²) >= 11 is 0. The molecule has 0 atom stereocenters. The van der Waals surface area contributed by atoms with E-state index >= 15 is 0 Å². The van der Waals surface area contributed by atoms with Crippen molar-refractivity contribution in [3.05, 3.63) is 17.5 Å². The highest BCUT2D eigenvalue weighted by atomic mass is 15.2. The lowest BCUT2D eigenvalue weighted by Crippen LogP contribution is -2.23. The summed E-state index contributed by atoms with van der Waals surface area (Å²) < 4.78 is 0. The van der Waals surface area contributed by atoms with Gasteiger partial charge in [0.15, 0.2) is 0 Å². The van der Waals surface area contributed by atoms with E-state index in [0.29, 0.717) is 6.54 Å². The van der Waals surface area contributed by atoms with Gasteiger partial charge < -0.3 is 10.6 Å². The molecule has 1 saturated carbocycles. The Morgan fingerprint density at radius 3 is 2.80 bits per heavy atom. The molecule has 1 aromatic heterocycles. The van der Waals surface area contributed by atoms with E-state index in [-0.39, 0.29) is 0 Å². The molecule has 0 unspecified atom stereocenters. The molecule has 1 heterocycles. The fraction of sp³-hybridized carbons (Fsp3) is 0.636. The van der Waals surface area contributed by atoms with Crippen molar-refractivity contribution in [1.82, 2.24) is 9.97 Å². The summed E-state index contributed by atoms with van der Waals surface area (Å²) in [5, 5.41) is 0. The summed E-state index contributed by atoms with van der Waals surface area (Å²) in [5.74, 6) is 1.66. The lowest BCUT2D eigenvalue weighted by Gasteiger charge is -2.17. The molecule has 0 aromatic carbocycles. The Labute approximate surface area is 90.5 Å². The highest BCUT2D eigenvalue weighted by molar-refractivity contribution is 5.31. The van der Waals surface area contributed by atoms with Crippen LogP contribution in [-0.4, -0.2) is 23.6 Å². The quantitative estimate of drug-likeness (QED) is 0.801. The number of nitrogens with two attached hydrogens (primary N) is 1. The molecule has 4 heteroatoms. The molecule has 0 amide bonds. The highest BCUT2D eigenvalue weighted by Gasteiger charge is 2.23. The summed E-state index contributed by atoms with van der Waals surface area (Å²) in [6.45, 7) is 3.52. The van der Waals surface area contributed by atoms with E-state index in [2.05, 4.69) is 14.9 Å². The van der Waals surface area contributed by atoms with E-state index in [1.54, 1.807) is 0 Å². The number of anilines is 1. The molecule has 2 rings (SSSR count). The standard InChI is InChI=1S/C11H18N4/c1-8-5-10(6-12)14-11(13-8)15(2)7-9-3-4-9/h5,9H,3-4,6-7,12H2,1-2H3. The van der Waals surface area contributed by atoms with Gasteiger partial charge in [0.1, 0.15) is 0 Å². The van der Waals surface area contributed by atoms with Gasteiger partial charge in [-0.3, -0.25) is 0 Å². The average Bonchev–Trinajstić information content (AvgIpc) is 3.00. The lowest BCUT2D eigenvalue weighted by atomic mass is 10.3. The predicted octanol–water partition coefficient (Wildman–Crippen LogP) is 1.09. The van der Waals surface area contributed by atoms with Crippen LogP contribution in [0.3, 0.4) is 0 Å². The van der Waals surface area contributed by atoms with Gasteiger partial charge in [0.2, 0.25) is 5.95 Å². The van der Waals surface area contributed by atoms with Crippen LogP contribution in [-0.2, 0) is 6.54 Å². The van der Waals surface area contributed by atoms with Crippen molar-refractivity contribution in [2.75, 3.05) is 18.5 Å². The Morgan fingerprint density at radius 2 is 2.20 bits per heavy atom. The maximum absolute atomic E-state index is 5.59. The molecule has 1 aliphatic carbocycles. The van der Waals surface area contributed by atoms with Crippen molar-refractivity contribution >= 4 is 5.95 Å². The largest absolute Gasteiger partial charge is 0.344 e. The molecule has 1 aliphatic rings. The molecular weight excluding hydrogens is 188 g/mol. The van der Waals surface area contributed by atoms with Crippen LogP contribution in [0.2, 0.25) is 0 Å². The van der Waals surface area contributed by atoms with E-state index in [1.165, 1.54) is 12.8 Å². The fourth-order valence-corrected chi connectivity index (χ4v) is 1.66. The Balaban J connectivity index is 2.13. The third kappa shape index (κ3) is 2.65. The second kappa shape index (κ2) is 4.14. The normalized spacial score (nSPS) is 15.4. The maximum atomic E-state index is 5.59. The first-order chi connectivity index (χ1) is 7.19. The third-order valence-corrected chi connectivity index (χ3v) is 2.68. The Bertz CT molecular complexity index is 346. The zero-order valence-corrected chi connectivity index (χ0v) is 9.40. The van der Waals surface area contributed by atoms with Crippen LogP contribution in [0.15, 0.2) is 6.07 Å². The zero-order chi connectivity index (χ0) is 10.8. The van der Waals surface area contributed by atoms with Crippen molar-refractivity contribution < 1.29 is 0 Å². The average molecular weight is 206 g/mol. The molecule has 1 aromatic rings. The van der Waals surface area contributed by atoms with Crippen LogP contribution in [0.1, 0.15) is 24.2 Å². The first-order valence-electron chi connectivity index (χ1n) is 5.45. The minimum Gasteiger partial charge on any atom is -0.344 e. The predicted molar refractivity (Wildman–Crippen MR) is 60.7 cm³/mol. The van der Waals surface area contributed by atoms with E-state index in [0.717, 1.165) is 29.8 Å². The molecule has 82 valence electrons. The molecule has 4 nitrogen and oxygen atoms in total. The van der Waals surface area contributed by atoms with Crippen LogP contribution >= 0.6 is 0 Å². The number of aromatic nitrogens is 2. The minimum absolute atomic E-state index is 0.480. The van der Waals surface area contributed by atoms with E-state index in [1.807, 2.05) is 20.0 Å². The second-order valence-corrected chi connectivity index (χ2v) is 4.33. The Kier molecular flexibility index (Phi) is 2.86. The van der Waals surface area contributed by atoms with E-state index in [4.69, 9.17) is 5.73 Å². The van der Waals surface area contributed by atoms with Gasteiger partial charge in [0, 0.05) is 25.8 Å². The summed E-state index contributed by atoms with van der Waals surface area (Å²) in [6, 6.07) is 1.94. The van der Waals surface area contributed by atoms with Gasteiger partial charge in [-0.15, -0.1) is 0 Å². The first kappa shape index (κ1) is 10.4. The maximum Gasteiger partial charge on any atom is 0.225 e. The van der Waals surface area contributed by atoms with Crippen molar-refractivity contribution in [2.24, 2.45) is 11.7 Å². The number of rotatable bonds is 4. The van der Waals surface area contributed by atoms with Crippen molar-refractivity contribution in [3.63, 3.8) is 0 Å². The van der Waals surface area contributed by atoms with E-state index in [9.17, 15) is 0 Å². The van der Waals surface area contributed by atoms with Gasteiger partial charge in [0.25, 0.3) is 0 Å². The van der Waals surface area contributed by atoms with Crippen molar-refractivity contribution in [2.45, 2.75) is 26.3 Å². The van der Waals surface area contributed by atoms with Gasteiger partial charge in [-0.1, -0.05) is 0 Å². The van der Waals surface area contributed by atoms with Crippen LogP contribution < -0.4 is 10.6 Å². The topological polar surface area (TPSA) is 55.0 Å². The van der Waals surface area contributed by atoms with Crippen LogP contribution in [0.5, 0.6) is 0 Å². The number of aryl methyl sites for hydroxylation is 1. The van der Waals surface area contributed by atoms with Crippen LogP contribution in [0.4, 0.5) is 5.95 Å². The summed E-state index contributed by atoms with van der Waals surface area (Å²) in [6.07, 6.45) is 2.69. The molecule has 2 N–H and O–H groups in total. The molecule has 1 fully saturated rings. The molecule has 0 bridgehead atoms. The lowest BCUT2D eigenvalue weighted by molar-refractivity contribution is 0.755. The van der Waals surface area contributed by atoms with Gasteiger partial charge in [-0.05, 0) is 31.7 Å². The minimum atomic E-state index is 0.480. The number of hydrogen-bond donors (Lipinski definition) is 1. The molecule has 0 spiro atoms. The van der Waals surface area contributed by atoms with Gasteiger partial charge >= 0.3 is 0 Å². The van der Waals surface area contributed by atoms with E-state index < -0.39 is 0 Å².